The van der Waals surface area contributed by atoms with Crippen LogP contribution in [0.3, 0.4) is 0 Å². The molecule has 0 aliphatic rings. The van der Waals surface area contributed by atoms with Crippen molar-refractivity contribution in [3.05, 3.63) is 52.2 Å². The molecule has 2 rings (SSSR count). The van der Waals surface area contributed by atoms with Crippen LogP contribution in [-0.2, 0) is 21.3 Å². The maximum Gasteiger partial charge on any atom is 0.264 e. The summed E-state index contributed by atoms with van der Waals surface area (Å²) in [5.41, 5.74) is 0.293. The van der Waals surface area contributed by atoms with E-state index < -0.39 is 10.0 Å². The van der Waals surface area contributed by atoms with Gasteiger partial charge in [-0.25, -0.2) is 8.42 Å². The van der Waals surface area contributed by atoms with E-state index in [9.17, 15) is 13.2 Å². The molecular weight excluding hydrogens is 336 g/mol. The van der Waals surface area contributed by atoms with Crippen LogP contribution in [0.2, 0.25) is 0 Å². The van der Waals surface area contributed by atoms with Gasteiger partial charge in [-0.15, -0.1) is 11.3 Å². The molecule has 0 radical (unpaired) electrons. The third kappa shape index (κ3) is 4.38. The largest absolute Gasteiger partial charge is 0.352 e. The Bertz CT molecular complexity index is 758. The lowest BCUT2D eigenvalue weighted by atomic mass is 10.2. The number of nitrogens with zero attached hydrogens (tertiary/aromatic N) is 1. The summed E-state index contributed by atoms with van der Waals surface area (Å²) in [6.07, 6.45) is 0.744. The second-order valence-corrected chi connectivity index (χ2v) is 7.68. The Morgan fingerprint density at radius 2 is 2.09 bits per heavy atom. The van der Waals surface area contributed by atoms with E-state index in [0.29, 0.717) is 12.1 Å². The molecule has 0 atom stereocenters. The minimum Gasteiger partial charge on any atom is -0.352 e. The minimum absolute atomic E-state index is 0.00718. The number of carbonyl (C=O) groups excluding carboxylic acids is 1. The number of benzene rings is 1. The van der Waals surface area contributed by atoms with E-state index in [-0.39, 0.29) is 10.8 Å². The van der Waals surface area contributed by atoms with E-state index in [0.717, 1.165) is 10.9 Å². The smallest absolute Gasteiger partial charge is 0.264 e. The summed E-state index contributed by atoms with van der Waals surface area (Å²) in [5, 5.41) is 4.77. The number of carbonyl (C=O) groups is 1. The fraction of sp³-hybridized carbons (Fsp3) is 0.267. The molecule has 6 nitrogen and oxygen atoms in total. The lowest BCUT2D eigenvalue weighted by Gasteiger charge is -2.14. The number of rotatable bonds is 7. The minimum atomic E-state index is -3.77. The van der Waals surface area contributed by atoms with Gasteiger partial charge in [0.15, 0.2) is 0 Å². The molecule has 1 aromatic heterocycles. The van der Waals surface area contributed by atoms with Gasteiger partial charge in [0.2, 0.25) is 0 Å². The summed E-state index contributed by atoms with van der Waals surface area (Å²) in [6.45, 7) is 0.494. The second kappa shape index (κ2) is 7.69. The summed E-state index contributed by atoms with van der Waals surface area (Å²) in [7, 11) is -1.21. The van der Waals surface area contributed by atoms with Gasteiger partial charge in [0.25, 0.3) is 15.9 Å². The molecule has 0 saturated carbocycles. The predicted octanol–water partition coefficient (Wildman–Crippen LogP) is 1.90. The van der Waals surface area contributed by atoms with Crippen molar-refractivity contribution in [2.24, 2.45) is 0 Å². The molecule has 1 N–H and O–H groups in total. The third-order valence-electron chi connectivity index (χ3n) is 3.23. The summed E-state index contributed by atoms with van der Waals surface area (Å²) in [5.74, 6) is -0.307. The lowest BCUT2D eigenvalue weighted by Crippen LogP contribution is -2.27. The van der Waals surface area contributed by atoms with Gasteiger partial charge in [-0.3, -0.25) is 9.63 Å². The predicted molar refractivity (Wildman–Crippen MR) is 88.8 cm³/mol. The number of nitrogens with one attached hydrogen (secondary N) is 1. The number of hydrogen-bond donors (Lipinski definition) is 1. The van der Waals surface area contributed by atoms with E-state index in [4.69, 9.17) is 4.84 Å². The molecule has 8 heteroatoms. The van der Waals surface area contributed by atoms with E-state index in [1.165, 1.54) is 37.2 Å². The van der Waals surface area contributed by atoms with Crippen molar-refractivity contribution < 1.29 is 18.0 Å². The zero-order chi connectivity index (χ0) is 16.9. The Morgan fingerprint density at radius 3 is 2.74 bits per heavy atom. The monoisotopic (exact) mass is 354 g/mol. The maximum absolute atomic E-state index is 12.2. The Hall–Kier alpha value is -1.74. The molecule has 1 aromatic carbocycles. The third-order valence-corrected chi connectivity index (χ3v) is 5.84. The number of hydroxylamine groups is 1. The molecule has 0 bridgehead atoms. The van der Waals surface area contributed by atoms with Gasteiger partial charge in [0, 0.05) is 24.0 Å². The average molecular weight is 354 g/mol. The van der Waals surface area contributed by atoms with Crippen LogP contribution in [0.1, 0.15) is 15.2 Å². The summed E-state index contributed by atoms with van der Waals surface area (Å²) in [6, 6.07) is 9.84. The number of thiophene rings is 1. The highest BCUT2D eigenvalue weighted by molar-refractivity contribution is 7.89. The number of sulfonamides is 1. The van der Waals surface area contributed by atoms with E-state index in [1.807, 2.05) is 17.5 Å². The lowest BCUT2D eigenvalue weighted by molar-refractivity contribution is -0.0258. The van der Waals surface area contributed by atoms with Crippen LogP contribution in [0, 0.1) is 0 Å². The standard InChI is InChI=1S/C15H18N2O4S2/c1-17(21-2)23(19,20)14-7-3-5-12(11-14)15(18)16-9-8-13-6-4-10-22-13/h3-7,10-11H,8-9H2,1-2H3,(H,16,18). The van der Waals surface area contributed by atoms with E-state index in [2.05, 4.69) is 5.32 Å². The molecule has 1 amide bonds. The molecule has 0 saturated heterocycles. The van der Waals surface area contributed by atoms with Crippen LogP contribution in [-0.4, -0.2) is 39.5 Å². The van der Waals surface area contributed by atoms with Crippen molar-refractivity contribution in [3.8, 4) is 0 Å². The van der Waals surface area contributed by atoms with Crippen molar-refractivity contribution >= 4 is 27.3 Å². The molecule has 2 aromatic rings. The summed E-state index contributed by atoms with van der Waals surface area (Å²) < 4.78 is 25.1. The average Bonchev–Trinajstić information content (AvgIpc) is 3.07. The molecular formula is C15H18N2O4S2. The quantitative estimate of drug-likeness (QED) is 0.771. The van der Waals surface area contributed by atoms with Gasteiger partial charge in [-0.1, -0.05) is 16.6 Å². The maximum atomic E-state index is 12.2. The number of hydrogen-bond acceptors (Lipinski definition) is 5. The van der Waals surface area contributed by atoms with Crippen molar-refractivity contribution in [2.45, 2.75) is 11.3 Å². The first-order chi connectivity index (χ1) is 10.9. The second-order valence-electron chi connectivity index (χ2n) is 4.71. The fourth-order valence-electron chi connectivity index (χ4n) is 1.90. The van der Waals surface area contributed by atoms with Crippen LogP contribution in [0.5, 0.6) is 0 Å². The molecule has 0 fully saturated rings. The first-order valence-corrected chi connectivity index (χ1v) is 9.21. The molecule has 0 unspecified atom stereocenters. The summed E-state index contributed by atoms with van der Waals surface area (Å²) in [4.78, 5) is 18.1. The van der Waals surface area contributed by atoms with Crippen molar-refractivity contribution in [2.75, 3.05) is 20.7 Å². The molecule has 0 aliphatic carbocycles. The van der Waals surface area contributed by atoms with Crippen LogP contribution < -0.4 is 5.32 Å². The first kappa shape index (κ1) is 17.6. The highest BCUT2D eigenvalue weighted by atomic mass is 32.2. The van der Waals surface area contributed by atoms with Crippen LogP contribution in [0.15, 0.2) is 46.7 Å². The number of amides is 1. The van der Waals surface area contributed by atoms with Crippen molar-refractivity contribution in [1.82, 2.24) is 9.79 Å². The molecule has 124 valence electrons. The first-order valence-electron chi connectivity index (χ1n) is 6.89. The van der Waals surface area contributed by atoms with Gasteiger partial charge in [0.05, 0.1) is 12.0 Å². The Morgan fingerprint density at radius 1 is 1.30 bits per heavy atom. The zero-order valence-corrected chi connectivity index (χ0v) is 14.5. The van der Waals surface area contributed by atoms with Crippen molar-refractivity contribution in [1.29, 1.82) is 0 Å². The molecule has 23 heavy (non-hydrogen) atoms. The zero-order valence-electron chi connectivity index (χ0n) is 12.9. The van der Waals surface area contributed by atoms with Crippen LogP contribution >= 0.6 is 11.3 Å². The van der Waals surface area contributed by atoms with Gasteiger partial charge in [0.1, 0.15) is 0 Å². The van der Waals surface area contributed by atoms with Gasteiger partial charge < -0.3 is 5.32 Å². The molecule has 0 spiro atoms. The highest BCUT2D eigenvalue weighted by Crippen LogP contribution is 2.16. The Labute approximate surface area is 139 Å². The SMILES string of the molecule is CON(C)S(=O)(=O)c1cccc(C(=O)NCCc2cccs2)c1. The fourth-order valence-corrected chi connectivity index (χ4v) is 3.63. The van der Waals surface area contributed by atoms with Crippen molar-refractivity contribution in [3.63, 3.8) is 0 Å². The molecule has 0 aliphatic heterocycles. The van der Waals surface area contributed by atoms with E-state index >= 15 is 0 Å². The van der Waals surface area contributed by atoms with E-state index in [1.54, 1.807) is 17.4 Å². The van der Waals surface area contributed by atoms with Crippen LogP contribution in [0.4, 0.5) is 0 Å². The topological polar surface area (TPSA) is 75.7 Å². The van der Waals surface area contributed by atoms with Gasteiger partial charge in [-0.2, -0.15) is 0 Å². The summed E-state index contributed by atoms with van der Waals surface area (Å²) >= 11 is 1.63. The highest BCUT2D eigenvalue weighted by Gasteiger charge is 2.21. The molecule has 1 heterocycles. The Kier molecular flexibility index (Phi) is 5.89. The van der Waals surface area contributed by atoms with Gasteiger partial charge in [-0.05, 0) is 36.1 Å². The van der Waals surface area contributed by atoms with Gasteiger partial charge >= 0.3 is 0 Å². The normalized spacial score (nSPS) is 11.6. The Balaban J connectivity index is 2.05. The van der Waals surface area contributed by atoms with Crippen LogP contribution in [0.25, 0.3) is 0 Å².